The summed E-state index contributed by atoms with van der Waals surface area (Å²) in [6, 6.07) is 58.7. The van der Waals surface area contributed by atoms with E-state index in [1.807, 2.05) is 0 Å². The molecule has 0 amide bonds. The third-order valence-corrected chi connectivity index (χ3v) is 9.80. The number of hydrogen-bond donors (Lipinski definition) is 0. The average molecular weight is 604 g/mol. The van der Waals surface area contributed by atoms with Crippen LogP contribution in [0.25, 0.3) is 50.0 Å². The minimum atomic E-state index is -0.0905. The van der Waals surface area contributed by atoms with E-state index in [4.69, 9.17) is 4.98 Å². The van der Waals surface area contributed by atoms with Gasteiger partial charge in [-0.05, 0) is 88.3 Å². The summed E-state index contributed by atoms with van der Waals surface area (Å²) < 4.78 is 2.28. The number of imidazole rings is 1. The predicted molar refractivity (Wildman–Crippen MR) is 196 cm³/mol. The Morgan fingerprint density at radius 3 is 1.98 bits per heavy atom. The molecule has 3 nitrogen and oxygen atoms in total. The van der Waals surface area contributed by atoms with Gasteiger partial charge in [-0.1, -0.05) is 117 Å². The van der Waals surface area contributed by atoms with E-state index >= 15 is 0 Å². The summed E-state index contributed by atoms with van der Waals surface area (Å²) in [5.41, 5.74) is 13.0. The van der Waals surface area contributed by atoms with Crippen molar-refractivity contribution in [2.45, 2.75) is 19.3 Å². The normalized spacial score (nSPS) is 13.1. The number of anilines is 3. The Labute approximate surface area is 275 Å². The topological polar surface area (TPSA) is 21.1 Å². The van der Waals surface area contributed by atoms with Crippen LogP contribution in [0.4, 0.5) is 17.1 Å². The van der Waals surface area contributed by atoms with Crippen LogP contribution < -0.4 is 4.90 Å². The minimum Gasteiger partial charge on any atom is -0.310 e. The summed E-state index contributed by atoms with van der Waals surface area (Å²) in [7, 11) is 0. The summed E-state index contributed by atoms with van der Waals surface area (Å²) in [6.45, 7) is 4.69. The molecule has 1 aliphatic rings. The second kappa shape index (κ2) is 10.6. The zero-order valence-electron chi connectivity index (χ0n) is 26.4. The van der Waals surface area contributed by atoms with E-state index < -0.39 is 0 Å². The molecular formula is C44H33N3. The molecule has 0 aliphatic heterocycles. The van der Waals surface area contributed by atoms with Gasteiger partial charge in [0, 0.05) is 33.4 Å². The van der Waals surface area contributed by atoms with Crippen LogP contribution in [0.1, 0.15) is 25.0 Å². The van der Waals surface area contributed by atoms with Gasteiger partial charge in [0.05, 0.1) is 16.7 Å². The molecule has 3 heteroatoms. The molecule has 0 saturated carbocycles. The first kappa shape index (κ1) is 27.4. The molecule has 0 radical (unpaired) electrons. The van der Waals surface area contributed by atoms with Gasteiger partial charge in [-0.2, -0.15) is 0 Å². The lowest BCUT2D eigenvalue weighted by Gasteiger charge is -2.29. The minimum absolute atomic E-state index is 0.0905. The Morgan fingerprint density at radius 2 is 1.15 bits per heavy atom. The lowest BCUT2D eigenvalue weighted by molar-refractivity contribution is 0.660. The van der Waals surface area contributed by atoms with Crippen LogP contribution in [-0.2, 0) is 5.41 Å². The third-order valence-electron chi connectivity index (χ3n) is 9.80. The van der Waals surface area contributed by atoms with Crippen molar-refractivity contribution >= 4 is 38.9 Å². The van der Waals surface area contributed by atoms with Crippen molar-refractivity contribution in [2.75, 3.05) is 4.90 Å². The van der Waals surface area contributed by atoms with Gasteiger partial charge in [0.1, 0.15) is 5.82 Å². The second-order valence-corrected chi connectivity index (χ2v) is 12.8. The van der Waals surface area contributed by atoms with Crippen LogP contribution in [0.15, 0.2) is 164 Å². The maximum atomic E-state index is 5.22. The number of benzene rings is 7. The van der Waals surface area contributed by atoms with Crippen LogP contribution in [0.3, 0.4) is 0 Å². The number of aromatic nitrogens is 2. The molecule has 0 fully saturated rings. The monoisotopic (exact) mass is 603 g/mol. The molecular weight excluding hydrogens is 571 g/mol. The molecule has 0 N–H and O–H groups in total. The highest BCUT2D eigenvalue weighted by atomic mass is 15.1. The number of para-hydroxylation sites is 4. The molecule has 9 rings (SSSR count). The van der Waals surface area contributed by atoms with E-state index in [-0.39, 0.29) is 5.41 Å². The van der Waals surface area contributed by atoms with Crippen molar-refractivity contribution in [2.24, 2.45) is 0 Å². The third kappa shape index (κ3) is 4.24. The van der Waals surface area contributed by atoms with Crippen molar-refractivity contribution in [3.8, 4) is 28.2 Å². The SMILES string of the molecule is CC1(C)c2ccccc2-c2ccc(N(c3ccccc3)c3ccc(-c4nc5ccccc5n4-c4ccccc4)c4ccccc34)cc21. The smallest absolute Gasteiger partial charge is 0.146 e. The largest absolute Gasteiger partial charge is 0.310 e. The Kier molecular flexibility index (Phi) is 6.16. The first-order valence-corrected chi connectivity index (χ1v) is 16.2. The molecule has 8 aromatic rings. The summed E-state index contributed by atoms with van der Waals surface area (Å²) >= 11 is 0. The Balaban J connectivity index is 1.27. The van der Waals surface area contributed by atoms with Crippen LogP contribution in [0.5, 0.6) is 0 Å². The first-order valence-electron chi connectivity index (χ1n) is 16.2. The van der Waals surface area contributed by atoms with Crippen molar-refractivity contribution in [3.63, 3.8) is 0 Å². The molecule has 47 heavy (non-hydrogen) atoms. The molecule has 1 aromatic heterocycles. The van der Waals surface area contributed by atoms with E-state index in [0.717, 1.165) is 50.6 Å². The van der Waals surface area contributed by atoms with E-state index in [1.165, 1.54) is 27.6 Å². The Hall–Kier alpha value is -5.93. The van der Waals surface area contributed by atoms with Gasteiger partial charge in [-0.15, -0.1) is 0 Å². The zero-order valence-corrected chi connectivity index (χ0v) is 26.4. The Bertz CT molecular complexity index is 2440. The summed E-state index contributed by atoms with van der Waals surface area (Å²) in [5.74, 6) is 0.934. The Morgan fingerprint density at radius 1 is 0.511 bits per heavy atom. The summed E-state index contributed by atoms with van der Waals surface area (Å²) in [6.07, 6.45) is 0. The van der Waals surface area contributed by atoms with Crippen LogP contribution in [-0.4, -0.2) is 9.55 Å². The van der Waals surface area contributed by atoms with Gasteiger partial charge in [0.2, 0.25) is 0 Å². The lowest BCUT2D eigenvalue weighted by Crippen LogP contribution is -2.16. The number of fused-ring (bicyclic) bond motifs is 5. The van der Waals surface area contributed by atoms with Gasteiger partial charge in [-0.3, -0.25) is 4.57 Å². The van der Waals surface area contributed by atoms with Crippen molar-refractivity contribution in [3.05, 3.63) is 175 Å². The van der Waals surface area contributed by atoms with Crippen LogP contribution >= 0.6 is 0 Å². The molecule has 1 heterocycles. The van der Waals surface area contributed by atoms with E-state index in [0.29, 0.717) is 0 Å². The summed E-state index contributed by atoms with van der Waals surface area (Å²) in [4.78, 5) is 7.63. The number of hydrogen-bond acceptors (Lipinski definition) is 2. The first-order chi connectivity index (χ1) is 23.1. The maximum Gasteiger partial charge on any atom is 0.146 e. The fourth-order valence-electron chi connectivity index (χ4n) is 7.55. The van der Waals surface area contributed by atoms with E-state index in [2.05, 4.69) is 187 Å². The highest BCUT2D eigenvalue weighted by Crippen LogP contribution is 2.51. The average Bonchev–Trinajstić information content (AvgIpc) is 3.62. The lowest BCUT2D eigenvalue weighted by atomic mass is 9.82. The molecule has 0 unspecified atom stereocenters. The predicted octanol–water partition coefficient (Wildman–Crippen LogP) is 11.6. The van der Waals surface area contributed by atoms with Gasteiger partial charge in [0.25, 0.3) is 0 Å². The van der Waals surface area contributed by atoms with Gasteiger partial charge in [0.15, 0.2) is 0 Å². The second-order valence-electron chi connectivity index (χ2n) is 12.8. The molecule has 0 atom stereocenters. The number of rotatable bonds is 5. The van der Waals surface area contributed by atoms with Crippen molar-refractivity contribution in [1.82, 2.24) is 9.55 Å². The van der Waals surface area contributed by atoms with Crippen molar-refractivity contribution in [1.29, 1.82) is 0 Å². The standard InChI is InChI=1S/C44H33N3/c1-44(2)38-22-12-11-20-34(38)35-26-25-32(29-39(35)44)46(30-15-5-3-6-16-30)41-28-27-37(33-19-9-10-21-36(33)41)43-45-40-23-13-14-24-42(40)47(43)31-17-7-4-8-18-31/h3-29H,1-2H3. The maximum absolute atomic E-state index is 5.22. The van der Waals surface area contributed by atoms with Crippen LogP contribution in [0.2, 0.25) is 0 Å². The van der Waals surface area contributed by atoms with Gasteiger partial charge < -0.3 is 4.90 Å². The fourth-order valence-corrected chi connectivity index (χ4v) is 7.55. The quantitative estimate of drug-likeness (QED) is 0.195. The molecule has 224 valence electrons. The van der Waals surface area contributed by atoms with Gasteiger partial charge in [-0.25, -0.2) is 4.98 Å². The number of nitrogens with zero attached hydrogens (tertiary/aromatic N) is 3. The van der Waals surface area contributed by atoms with E-state index in [9.17, 15) is 0 Å². The van der Waals surface area contributed by atoms with Crippen LogP contribution in [0, 0.1) is 0 Å². The highest BCUT2D eigenvalue weighted by Gasteiger charge is 2.35. The van der Waals surface area contributed by atoms with Gasteiger partial charge >= 0.3 is 0 Å². The highest BCUT2D eigenvalue weighted by molar-refractivity contribution is 6.06. The van der Waals surface area contributed by atoms with Crippen molar-refractivity contribution < 1.29 is 0 Å². The molecule has 0 saturated heterocycles. The molecule has 7 aromatic carbocycles. The molecule has 0 spiro atoms. The zero-order chi connectivity index (χ0) is 31.5. The fraction of sp³-hybridized carbons (Fsp3) is 0.0682. The molecule has 1 aliphatic carbocycles. The van der Waals surface area contributed by atoms with E-state index in [1.54, 1.807) is 0 Å². The summed E-state index contributed by atoms with van der Waals surface area (Å²) in [5, 5.41) is 2.33. The molecule has 0 bridgehead atoms.